The molecule has 26 heavy (non-hydrogen) atoms. The molecule has 6 nitrogen and oxygen atoms in total. The van der Waals surface area contributed by atoms with Gasteiger partial charge in [0, 0.05) is 17.1 Å². The van der Waals surface area contributed by atoms with Crippen molar-refractivity contribution < 1.29 is 14.3 Å². The van der Waals surface area contributed by atoms with Crippen LogP contribution in [-0.4, -0.2) is 25.1 Å². The molecule has 130 valence electrons. The summed E-state index contributed by atoms with van der Waals surface area (Å²) in [5, 5.41) is 13.9. The number of nitrogens with zero attached hydrogens (tertiary/aromatic N) is 2. The molecule has 1 heterocycles. The highest BCUT2D eigenvalue weighted by molar-refractivity contribution is 6.05. The van der Waals surface area contributed by atoms with Crippen molar-refractivity contribution in [1.82, 2.24) is 10.3 Å². The summed E-state index contributed by atoms with van der Waals surface area (Å²) in [6, 6.07) is 15.7. The number of nitriles is 1. The number of nitrogens with one attached hydrogen (secondary N) is 1. The van der Waals surface area contributed by atoms with Crippen LogP contribution in [0.4, 0.5) is 0 Å². The summed E-state index contributed by atoms with van der Waals surface area (Å²) in [4.78, 5) is 16.9. The van der Waals surface area contributed by atoms with E-state index in [0.29, 0.717) is 17.1 Å². The Morgan fingerprint density at radius 3 is 2.65 bits per heavy atom. The van der Waals surface area contributed by atoms with E-state index in [1.54, 1.807) is 24.4 Å². The molecule has 3 rings (SSSR count). The Balaban J connectivity index is 1.96. The average molecular weight is 347 g/mol. The maximum absolute atomic E-state index is 12.8. The van der Waals surface area contributed by atoms with Crippen molar-refractivity contribution in [3.05, 3.63) is 66.0 Å². The van der Waals surface area contributed by atoms with Gasteiger partial charge in [0.05, 0.1) is 20.3 Å². The molecule has 0 aliphatic carbocycles. The maximum Gasteiger partial charge on any atom is 0.271 e. The first-order valence-electron chi connectivity index (χ1n) is 7.94. The average Bonchev–Trinajstić information content (AvgIpc) is 2.70. The van der Waals surface area contributed by atoms with Gasteiger partial charge in [0.2, 0.25) is 0 Å². The van der Waals surface area contributed by atoms with E-state index in [9.17, 15) is 10.1 Å². The predicted molar refractivity (Wildman–Crippen MR) is 97.1 cm³/mol. The van der Waals surface area contributed by atoms with Gasteiger partial charge in [-0.15, -0.1) is 0 Å². The van der Waals surface area contributed by atoms with E-state index >= 15 is 0 Å². The number of ether oxygens (including phenoxy) is 2. The van der Waals surface area contributed by atoms with Crippen molar-refractivity contribution in [2.45, 2.75) is 6.04 Å². The Labute approximate surface area is 151 Å². The number of carbonyl (C=O) groups excluding carboxylic acids is 1. The second-order valence-electron chi connectivity index (χ2n) is 5.50. The van der Waals surface area contributed by atoms with Gasteiger partial charge < -0.3 is 14.8 Å². The minimum atomic E-state index is -0.909. The number of hydrogen-bond acceptors (Lipinski definition) is 5. The fourth-order valence-corrected chi connectivity index (χ4v) is 2.82. The summed E-state index contributed by atoms with van der Waals surface area (Å²) in [6.45, 7) is 0. The van der Waals surface area contributed by atoms with E-state index in [-0.39, 0.29) is 5.69 Å². The van der Waals surface area contributed by atoms with E-state index < -0.39 is 11.9 Å². The zero-order valence-corrected chi connectivity index (χ0v) is 14.4. The zero-order valence-electron chi connectivity index (χ0n) is 14.4. The highest BCUT2D eigenvalue weighted by Crippen LogP contribution is 2.34. The highest BCUT2D eigenvalue weighted by Gasteiger charge is 2.22. The number of hydrogen-bond donors (Lipinski definition) is 1. The summed E-state index contributed by atoms with van der Waals surface area (Å²) in [5.74, 6) is 0.466. The van der Waals surface area contributed by atoms with Crippen LogP contribution in [0.3, 0.4) is 0 Å². The smallest absolute Gasteiger partial charge is 0.271 e. The third-order valence-corrected chi connectivity index (χ3v) is 4.04. The van der Waals surface area contributed by atoms with E-state index in [0.717, 1.165) is 10.8 Å². The largest absolute Gasteiger partial charge is 0.493 e. The summed E-state index contributed by atoms with van der Waals surface area (Å²) >= 11 is 0. The fraction of sp³-hybridized carbons (Fsp3) is 0.150. The van der Waals surface area contributed by atoms with E-state index in [1.807, 2.05) is 30.3 Å². The first kappa shape index (κ1) is 17.2. The molecule has 0 radical (unpaired) electrons. The summed E-state index contributed by atoms with van der Waals surface area (Å²) in [7, 11) is 3.01. The molecule has 0 aliphatic heterocycles. The number of rotatable bonds is 5. The van der Waals surface area contributed by atoms with Crippen LogP contribution in [0, 0.1) is 11.3 Å². The summed E-state index contributed by atoms with van der Waals surface area (Å²) in [6.07, 6.45) is 1.57. The lowest BCUT2D eigenvalue weighted by Crippen LogP contribution is -2.28. The Bertz CT molecular complexity index is 990. The molecule has 0 saturated carbocycles. The van der Waals surface area contributed by atoms with E-state index in [4.69, 9.17) is 9.47 Å². The van der Waals surface area contributed by atoms with E-state index in [1.165, 1.54) is 14.2 Å². The number of benzene rings is 2. The molecule has 1 aromatic heterocycles. The molecule has 0 fully saturated rings. The first-order chi connectivity index (χ1) is 12.7. The van der Waals surface area contributed by atoms with Gasteiger partial charge in [-0.2, -0.15) is 5.26 Å². The van der Waals surface area contributed by atoms with Crippen molar-refractivity contribution in [3.63, 3.8) is 0 Å². The maximum atomic E-state index is 12.8. The summed E-state index contributed by atoms with van der Waals surface area (Å²) < 4.78 is 10.6. The van der Waals surface area contributed by atoms with Crippen molar-refractivity contribution in [3.8, 4) is 17.6 Å². The molecule has 1 atom stereocenters. The van der Waals surface area contributed by atoms with Gasteiger partial charge in [-0.05, 0) is 17.5 Å². The zero-order chi connectivity index (χ0) is 18.5. The SMILES string of the molecule is COc1cccc(C(C#N)NC(=O)c2nccc3ccccc23)c1OC. The third-order valence-electron chi connectivity index (χ3n) is 4.04. The van der Waals surface area contributed by atoms with Crippen LogP contribution in [0.25, 0.3) is 10.8 Å². The van der Waals surface area contributed by atoms with Gasteiger partial charge in [0.1, 0.15) is 11.7 Å². The number of fused-ring (bicyclic) bond motifs is 1. The minimum absolute atomic E-state index is 0.269. The minimum Gasteiger partial charge on any atom is -0.493 e. The van der Waals surface area contributed by atoms with Gasteiger partial charge in [-0.1, -0.05) is 36.4 Å². The lowest BCUT2D eigenvalue weighted by atomic mass is 10.0. The highest BCUT2D eigenvalue weighted by atomic mass is 16.5. The van der Waals surface area contributed by atoms with Crippen LogP contribution in [0.1, 0.15) is 22.1 Å². The number of para-hydroxylation sites is 1. The number of aromatic nitrogens is 1. The second-order valence-corrected chi connectivity index (χ2v) is 5.50. The molecule has 1 amide bonds. The fourth-order valence-electron chi connectivity index (χ4n) is 2.82. The number of pyridine rings is 1. The molecule has 2 aromatic carbocycles. The molecule has 0 saturated heterocycles. The lowest BCUT2D eigenvalue weighted by Gasteiger charge is -2.17. The predicted octanol–water partition coefficient (Wildman–Crippen LogP) is 3.25. The van der Waals surface area contributed by atoms with Gasteiger partial charge in [-0.3, -0.25) is 9.78 Å². The molecule has 6 heteroatoms. The van der Waals surface area contributed by atoms with Crippen LogP contribution in [0.2, 0.25) is 0 Å². The number of amides is 1. The number of methoxy groups -OCH3 is 2. The quantitative estimate of drug-likeness (QED) is 0.766. The van der Waals surface area contributed by atoms with Crippen molar-refractivity contribution >= 4 is 16.7 Å². The molecule has 1 unspecified atom stereocenters. The Morgan fingerprint density at radius 1 is 1.12 bits per heavy atom. The lowest BCUT2D eigenvalue weighted by molar-refractivity contribution is 0.0941. The third kappa shape index (κ3) is 3.15. The molecule has 0 aliphatic rings. The second kappa shape index (κ2) is 7.53. The van der Waals surface area contributed by atoms with Crippen LogP contribution < -0.4 is 14.8 Å². The van der Waals surface area contributed by atoms with Gasteiger partial charge >= 0.3 is 0 Å². The normalized spacial score (nSPS) is 11.4. The topological polar surface area (TPSA) is 84.2 Å². The number of carbonyl (C=O) groups is 1. The van der Waals surface area contributed by atoms with Crippen LogP contribution in [-0.2, 0) is 0 Å². The first-order valence-corrected chi connectivity index (χ1v) is 7.94. The Kier molecular flexibility index (Phi) is 4.99. The van der Waals surface area contributed by atoms with E-state index in [2.05, 4.69) is 16.4 Å². The van der Waals surface area contributed by atoms with Gasteiger partial charge in [0.15, 0.2) is 11.5 Å². The van der Waals surface area contributed by atoms with Crippen molar-refractivity contribution in [2.24, 2.45) is 0 Å². The van der Waals surface area contributed by atoms with Crippen molar-refractivity contribution in [1.29, 1.82) is 5.26 Å². The molecular weight excluding hydrogens is 330 g/mol. The van der Waals surface area contributed by atoms with Gasteiger partial charge in [-0.25, -0.2) is 0 Å². The standard InChI is InChI=1S/C20H17N3O3/c1-25-17-9-5-8-15(19(17)26-2)16(12-21)23-20(24)18-14-7-4-3-6-13(14)10-11-22-18/h3-11,16H,1-2H3,(H,23,24). The van der Waals surface area contributed by atoms with Crippen molar-refractivity contribution in [2.75, 3.05) is 14.2 Å². The van der Waals surface area contributed by atoms with Crippen LogP contribution in [0.15, 0.2) is 54.7 Å². The molecule has 0 bridgehead atoms. The molecule has 0 spiro atoms. The van der Waals surface area contributed by atoms with Crippen LogP contribution >= 0.6 is 0 Å². The summed E-state index contributed by atoms with van der Waals surface area (Å²) in [5.41, 5.74) is 0.785. The monoisotopic (exact) mass is 347 g/mol. The molecular formula is C20H17N3O3. The Hall–Kier alpha value is -3.59. The van der Waals surface area contributed by atoms with Gasteiger partial charge in [0.25, 0.3) is 5.91 Å². The van der Waals surface area contributed by atoms with Crippen LogP contribution in [0.5, 0.6) is 11.5 Å². The molecule has 1 N–H and O–H groups in total. The Morgan fingerprint density at radius 2 is 1.92 bits per heavy atom. The molecule has 3 aromatic rings.